The molecular formula is C30H52O2. The Morgan fingerprint density at radius 2 is 1.53 bits per heavy atom. The standard InChI is InChI=1S/C30H52O2/c1-20(2)10-9-16-30(8,32)22-13-18-28(6)21(22)11-12-24-27(5)17-15-25(31)26(3,4)23(27)14-19-29(24,28)7/h10,21-25,31-32H,9,11-19H2,1-8H3/t21-,22-,23-,24+,25-,27-,28+,29+,30-/m0/s1. The van der Waals surface area contributed by atoms with Crippen molar-refractivity contribution in [2.45, 2.75) is 131 Å². The van der Waals surface area contributed by atoms with E-state index in [4.69, 9.17) is 0 Å². The molecule has 2 nitrogen and oxygen atoms in total. The van der Waals surface area contributed by atoms with E-state index in [2.05, 4.69) is 61.5 Å². The summed E-state index contributed by atoms with van der Waals surface area (Å²) in [6, 6.07) is 0. The summed E-state index contributed by atoms with van der Waals surface area (Å²) < 4.78 is 0. The van der Waals surface area contributed by atoms with E-state index in [1.807, 2.05) is 0 Å². The molecule has 184 valence electrons. The zero-order valence-electron chi connectivity index (χ0n) is 22.4. The summed E-state index contributed by atoms with van der Waals surface area (Å²) >= 11 is 0. The number of hydrogen-bond acceptors (Lipinski definition) is 2. The predicted molar refractivity (Wildman–Crippen MR) is 134 cm³/mol. The fraction of sp³-hybridized carbons (Fsp3) is 0.933. The molecule has 0 aliphatic heterocycles. The van der Waals surface area contributed by atoms with Gasteiger partial charge in [-0.25, -0.2) is 0 Å². The largest absolute Gasteiger partial charge is 0.393 e. The van der Waals surface area contributed by atoms with Crippen LogP contribution in [0.25, 0.3) is 0 Å². The second kappa shape index (κ2) is 7.84. The van der Waals surface area contributed by atoms with Gasteiger partial charge in [0.2, 0.25) is 0 Å². The molecule has 0 aromatic heterocycles. The van der Waals surface area contributed by atoms with Crippen molar-refractivity contribution in [2.75, 3.05) is 0 Å². The van der Waals surface area contributed by atoms with Gasteiger partial charge in [-0.2, -0.15) is 0 Å². The number of rotatable bonds is 4. The molecule has 0 amide bonds. The molecule has 4 aliphatic rings. The minimum Gasteiger partial charge on any atom is -0.393 e. The first-order valence-corrected chi connectivity index (χ1v) is 13.7. The van der Waals surface area contributed by atoms with E-state index < -0.39 is 5.60 Å². The van der Waals surface area contributed by atoms with Crippen LogP contribution in [0, 0.1) is 45.3 Å². The molecule has 0 unspecified atom stereocenters. The third kappa shape index (κ3) is 3.40. The van der Waals surface area contributed by atoms with Gasteiger partial charge in [0.1, 0.15) is 0 Å². The Kier molecular flexibility index (Phi) is 6.07. The predicted octanol–water partition coefficient (Wildman–Crippen LogP) is 7.53. The normalized spacial score (nSPS) is 49.4. The highest BCUT2D eigenvalue weighted by molar-refractivity contribution is 5.18. The molecule has 9 atom stereocenters. The van der Waals surface area contributed by atoms with E-state index in [-0.39, 0.29) is 11.5 Å². The molecule has 2 heteroatoms. The van der Waals surface area contributed by atoms with Gasteiger partial charge >= 0.3 is 0 Å². The fourth-order valence-electron chi connectivity index (χ4n) is 10.3. The van der Waals surface area contributed by atoms with Gasteiger partial charge in [-0.05, 0) is 130 Å². The first kappa shape index (κ1) is 24.8. The van der Waals surface area contributed by atoms with Gasteiger partial charge < -0.3 is 10.2 Å². The molecule has 4 aliphatic carbocycles. The third-order valence-electron chi connectivity index (χ3n) is 12.4. The molecule has 0 radical (unpaired) electrons. The summed E-state index contributed by atoms with van der Waals surface area (Å²) in [4.78, 5) is 0. The number of aliphatic hydroxyl groups is 2. The van der Waals surface area contributed by atoms with Crippen LogP contribution in [0.1, 0.15) is 120 Å². The summed E-state index contributed by atoms with van der Waals surface area (Å²) in [6.07, 6.45) is 13.8. The fourth-order valence-corrected chi connectivity index (χ4v) is 10.3. The zero-order valence-corrected chi connectivity index (χ0v) is 22.4. The van der Waals surface area contributed by atoms with Crippen LogP contribution in [0.4, 0.5) is 0 Å². The van der Waals surface area contributed by atoms with Gasteiger partial charge in [-0.15, -0.1) is 0 Å². The van der Waals surface area contributed by atoms with Crippen molar-refractivity contribution in [1.29, 1.82) is 0 Å². The molecule has 0 saturated heterocycles. The molecule has 0 bridgehead atoms. The lowest BCUT2D eigenvalue weighted by Crippen LogP contribution is -2.64. The Bertz CT molecular complexity index is 746. The minimum absolute atomic E-state index is 0.0267. The summed E-state index contributed by atoms with van der Waals surface area (Å²) in [5.74, 6) is 2.45. The highest BCUT2D eigenvalue weighted by Gasteiger charge is 2.69. The minimum atomic E-state index is -0.560. The Balaban J connectivity index is 1.61. The van der Waals surface area contributed by atoms with Crippen molar-refractivity contribution in [3.8, 4) is 0 Å². The van der Waals surface area contributed by atoms with Crippen molar-refractivity contribution in [2.24, 2.45) is 45.3 Å². The van der Waals surface area contributed by atoms with E-state index in [1.165, 1.54) is 50.5 Å². The Labute approximate surface area is 198 Å². The van der Waals surface area contributed by atoms with Crippen LogP contribution < -0.4 is 0 Å². The summed E-state index contributed by atoms with van der Waals surface area (Å²) in [7, 11) is 0. The molecule has 0 aromatic carbocycles. The van der Waals surface area contributed by atoms with Gasteiger partial charge in [0.25, 0.3) is 0 Å². The van der Waals surface area contributed by atoms with Crippen LogP contribution in [-0.4, -0.2) is 21.9 Å². The van der Waals surface area contributed by atoms with Crippen molar-refractivity contribution in [3.05, 3.63) is 11.6 Å². The van der Waals surface area contributed by atoms with Crippen LogP contribution in [0.15, 0.2) is 11.6 Å². The van der Waals surface area contributed by atoms with E-state index in [9.17, 15) is 10.2 Å². The van der Waals surface area contributed by atoms with Gasteiger partial charge in [0.15, 0.2) is 0 Å². The molecule has 4 rings (SSSR count). The van der Waals surface area contributed by atoms with Crippen LogP contribution in [0.2, 0.25) is 0 Å². The number of hydrogen-bond donors (Lipinski definition) is 2. The first-order valence-electron chi connectivity index (χ1n) is 13.7. The summed E-state index contributed by atoms with van der Waals surface area (Å²) in [5.41, 5.74) is 1.84. The second-order valence-electron chi connectivity index (χ2n) is 14.4. The first-order chi connectivity index (χ1) is 14.7. The van der Waals surface area contributed by atoms with Crippen LogP contribution in [0.5, 0.6) is 0 Å². The highest BCUT2D eigenvalue weighted by Crippen LogP contribution is 2.75. The highest BCUT2D eigenvalue weighted by atomic mass is 16.3. The Morgan fingerprint density at radius 1 is 0.875 bits per heavy atom. The van der Waals surface area contributed by atoms with E-state index in [0.29, 0.717) is 34.0 Å². The molecule has 4 saturated carbocycles. The van der Waals surface area contributed by atoms with Crippen molar-refractivity contribution in [3.63, 3.8) is 0 Å². The lowest BCUT2D eigenvalue weighted by molar-refractivity contribution is -0.225. The van der Waals surface area contributed by atoms with E-state index in [1.54, 1.807) is 0 Å². The van der Waals surface area contributed by atoms with Gasteiger partial charge in [0.05, 0.1) is 11.7 Å². The third-order valence-corrected chi connectivity index (χ3v) is 12.4. The summed E-state index contributed by atoms with van der Waals surface area (Å²) in [6.45, 7) is 19.0. The van der Waals surface area contributed by atoms with Crippen molar-refractivity contribution in [1.82, 2.24) is 0 Å². The maximum Gasteiger partial charge on any atom is 0.0653 e. The van der Waals surface area contributed by atoms with Crippen molar-refractivity contribution < 1.29 is 10.2 Å². The lowest BCUT2D eigenvalue weighted by Gasteiger charge is -2.70. The van der Waals surface area contributed by atoms with Crippen LogP contribution >= 0.6 is 0 Å². The van der Waals surface area contributed by atoms with Gasteiger partial charge in [-0.3, -0.25) is 0 Å². The van der Waals surface area contributed by atoms with Gasteiger partial charge in [-0.1, -0.05) is 46.3 Å². The average molecular weight is 445 g/mol. The Hall–Kier alpha value is -0.340. The number of fused-ring (bicyclic) bond motifs is 5. The lowest BCUT2D eigenvalue weighted by atomic mass is 9.35. The smallest absolute Gasteiger partial charge is 0.0653 e. The quantitative estimate of drug-likeness (QED) is 0.440. The summed E-state index contributed by atoms with van der Waals surface area (Å²) in [5, 5.41) is 22.5. The molecule has 2 N–H and O–H groups in total. The zero-order chi connectivity index (χ0) is 23.7. The molecular weight excluding hydrogens is 392 g/mol. The second-order valence-corrected chi connectivity index (χ2v) is 14.4. The maximum atomic E-state index is 11.6. The molecule has 0 spiro atoms. The molecule has 0 aromatic rings. The molecule has 4 fully saturated rings. The molecule has 32 heavy (non-hydrogen) atoms. The SMILES string of the molecule is CC(C)=CCC[C@](C)(O)[C@H]1CC[C@]2(C)[C@H]1CC[C@@H]1[C@@]3(C)CC[C@H](O)C(C)(C)[C@@H]3CC[C@]12C. The van der Waals surface area contributed by atoms with Crippen molar-refractivity contribution >= 4 is 0 Å². The maximum absolute atomic E-state index is 11.6. The number of aliphatic hydroxyl groups excluding tert-OH is 1. The van der Waals surface area contributed by atoms with Crippen LogP contribution in [0.3, 0.4) is 0 Å². The molecule has 0 heterocycles. The van der Waals surface area contributed by atoms with E-state index in [0.717, 1.165) is 25.2 Å². The van der Waals surface area contributed by atoms with Gasteiger partial charge in [0, 0.05) is 0 Å². The topological polar surface area (TPSA) is 40.5 Å². The monoisotopic (exact) mass is 444 g/mol. The Morgan fingerprint density at radius 3 is 2.19 bits per heavy atom. The average Bonchev–Trinajstić information content (AvgIpc) is 3.04. The number of allylic oxidation sites excluding steroid dienone is 2. The van der Waals surface area contributed by atoms with E-state index >= 15 is 0 Å². The van der Waals surface area contributed by atoms with Crippen LogP contribution in [-0.2, 0) is 0 Å².